The van der Waals surface area contributed by atoms with E-state index in [0.717, 1.165) is 12.4 Å². The molecule has 0 aliphatic carbocycles. The highest BCUT2D eigenvalue weighted by atomic mass is 15.3. The van der Waals surface area contributed by atoms with Crippen LogP contribution in [0, 0.1) is 11.8 Å². The average Bonchev–Trinajstić information content (AvgIpc) is 2.66. The van der Waals surface area contributed by atoms with E-state index in [4.69, 9.17) is 5.84 Å². The molecule has 3 N–H and O–H groups in total. The lowest BCUT2D eigenvalue weighted by atomic mass is 9.90. The van der Waals surface area contributed by atoms with Crippen molar-refractivity contribution in [1.29, 1.82) is 0 Å². The van der Waals surface area contributed by atoms with Gasteiger partial charge in [0.15, 0.2) is 0 Å². The second-order valence-electron chi connectivity index (χ2n) is 4.32. The van der Waals surface area contributed by atoms with Crippen molar-refractivity contribution in [2.75, 3.05) is 0 Å². The first-order chi connectivity index (χ1) is 7.11. The Morgan fingerprint density at radius 3 is 2.60 bits per heavy atom. The van der Waals surface area contributed by atoms with Crippen molar-refractivity contribution in [3.05, 3.63) is 18.2 Å². The van der Waals surface area contributed by atoms with Gasteiger partial charge in [-0.3, -0.25) is 5.84 Å². The monoisotopic (exact) mass is 210 g/mol. The van der Waals surface area contributed by atoms with Crippen molar-refractivity contribution in [3.63, 3.8) is 0 Å². The summed E-state index contributed by atoms with van der Waals surface area (Å²) in [6.07, 6.45) is 3.82. The quantitative estimate of drug-likeness (QED) is 0.574. The fourth-order valence-electron chi connectivity index (χ4n) is 1.71. The SMILES string of the molecule is CCn1ccnc1C(NN)C(C)C(C)C. The van der Waals surface area contributed by atoms with Gasteiger partial charge in [-0.15, -0.1) is 0 Å². The molecule has 4 nitrogen and oxygen atoms in total. The van der Waals surface area contributed by atoms with Crippen molar-refractivity contribution in [2.24, 2.45) is 17.7 Å². The number of hydrogen-bond donors (Lipinski definition) is 2. The van der Waals surface area contributed by atoms with E-state index in [1.807, 2.05) is 12.4 Å². The molecule has 2 atom stereocenters. The number of hydrogen-bond acceptors (Lipinski definition) is 3. The Morgan fingerprint density at radius 1 is 1.47 bits per heavy atom. The lowest BCUT2D eigenvalue weighted by Crippen LogP contribution is -2.36. The van der Waals surface area contributed by atoms with Gasteiger partial charge in [-0.05, 0) is 18.8 Å². The Labute approximate surface area is 91.8 Å². The normalized spacial score (nSPS) is 15.6. The third-order valence-electron chi connectivity index (χ3n) is 3.12. The summed E-state index contributed by atoms with van der Waals surface area (Å²) < 4.78 is 2.13. The number of nitrogens with two attached hydrogens (primary N) is 1. The van der Waals surface area contributed by atoms with Gasteiger partial charge in [-0.1, -0.05) is 20.8 Å². The molecule has 1 aromatic rings. The molecule has 1 aromatic heterocycles. The van der Waals surface area contributed by atoms with Gasteiger partial charge in [0.05, 0.1) is 6.04 Å². The van der Waals surface area contributed by atoms with Gasteiger partial charge in [-0.2, -0.15) is 0 Å². The first-order valence-corrected chi connectivity index (χ1v) is 5.59. The van der Waals surface area contributed by atoms with Crippen LogP contribution in [0.3, 0.4) is 0 Å². The van der Waals surface area contributed by atoms with Crippen molar-refractivity contribution < 1.29 is 0 Å². The largest absolute Gasteiger partial charge is 0.334 e. The molecule has 0 fully saturated rings. The zero-order chi connectivity index (χ0) is 11.4. The van der Waals surface area contributed by atoms with Gasteiger partial charge < -0.3 is 4.57 Å². The van der Waals surface area contributed by atoms with E-state index in [2.05, 4.69) is 42.7 Å². The molecule has 0 saturated carbocycles. The Balaban J connectivity index is 2.91. The first kappa shape index (κ1) is 12.2. The lowest BCUT2D eigenvalue weighted by Gasteiger charge is -2.26. The molecule has 1 rings (SSSR count). The van der Waals surface area contributed by atoms with Crippen molar-refractivity contribution in [1.82, 2.24) is 15.0 Å². The summed E-state index contributed by atoms with van der Waals surface area (Å²) in [7, 11) is 0. The van der Waals surface area contributed by atoms with E-state index in [9.17, 15) is 0 Å². The Morgan fingerprint density at radius 2 is 2.13 bits per heavy atom. The maximum absolute atomic E-state index is 5.62. The van der Waals surface area contributed by atoms with Crippen LogP contribution < -0.4 is 11.3 Å². The summed E-state index contributed by atoms with van der Waals surface area (Å²) >= 11 is 0. The van der Waals surface area contributed by atoms with E-state index in [0.29, 0.717) is 11.8 Å². The third-order valence-corrected chi connectivity index (χ3v) is 3.12. The predicted molar refractivity (Wildman–Crippen MR) is 62.0 cm³/mol. The summed E-state index contributed by atoms with van der Waals surface area (Å²) in [5, 5.41) is 0. The van der Waals surface area contributed by atoms with Crippen LogP contribution in [0.1, 0.15) is 39.6 Å². The summed E-state index contributed by atoms with van der Waals surface area (Å²) in [4.78, 5) is 4.38. The predicted octanol–water partition coefficient (Wildman–Crippen LogP) is 1.70. The second-order valence-corrected chi connectivity index (χ2v) is 4.32. The number of nitrogens with one attached hydrogen (secondary N) is 1. The molecule has 86 valence electrons. The van der Waals surface area contributed by atoms with Crippen molar-refractivity contribution >= 4 is 0 Å². The number of nitrogens with zero attached hydrogens (tertiary/aromatic N) is 2. The molecule has 15 heavy (non-hydrogen) atoms. The number of imidazole rings is 1. The molecule has 0 aliphatic rings. The standard InChI is InChI=1S/C11H22N4/c1-5-15-7-6-13-11(15)10(14-12)9(4)8(2)3/h6-10,14H,5,12H2,1-4H3. The van der Waals surface area contributed by atoms with Crippen LogP contribution in [-0.4, -0.2) is 9.55 Å². The molecular formula is C11H22N4. The highest BCUT2D eigenvalue weighted by molar-refractivity contribution is 5.01. The zero-order valence-electron chi connectivity index (χ0n) is 10.1. The summed E-state index contributed by atoms with van der Waals surface area (Å²) in [6, 6.07) is 0.125. The summed E-state index contributed by atoms with van der Waals surface area (Å²) in [6.45, 7) is 9.64. The number of aryl methyl sites for hydroxylation is 1. The van der Waals surface area contributed by atoms with Gasteiger partial charge in [0, 0.05) is 18.9 Å². The highest BCUT2D eigenvalue weighted by Crippen LogP contribution is 2.25. The second kappa shape index (κ2) is 5.28. The molecule has 0 spiro atoms. The van der Waals surface area contributed by atoms with Crippen molar-refractivity contribution in [3.8, 4) is 0 Å². The average molecular weight is 210 g/mol. The van der Waals surface area contributed by atoms with Crippen LogP contribution in [0.2, 0.25) is 0 Å². The van der Waals surface area contributed by atoms with Gasteiger partial charge in [0.25, 0.3) is 0 Å². The number of aromatic nitrogens is 2. The van der Waals surface area contributed by atoms with Crippen LogP contribution >= 0.6 is 0 Å². The maximum atomic E-state index is 5.62. The molecule has 0 radical (unpaired) electrons. The van der Waals surface area contributed by atoms with E-state index in [-0.39, 0.29) is 6.04 Å². The van der Waals surface area contributed by atoms with Gasteiger partial charge in [0.1, 0.15) is 5.82 Å². The third kappa shape index (κ3) is 2.58. The van der Waals surface area contributed by atoms with Crippen molar-refractivity contribution in [2.45, 2.75) is 40.3 Å². The minimum Gasteiger partial charge on any atom is -0.334 e. The van der Waals surface area contributed by atoms with Crippen LogP contribution in [0.4, 0.5) is 0 Å². The van der Waals surface area contributed by atoms with Crippen LogP contribution in [0.25, 0.3) is 0 Å². The fraction of sp³-hybridized carbons (Fsp3) is 0.727. The molecule has 0 saturated heterocycles. The summed E-state index contributed by atoms with van der Waals surface area (Å²) in [5.74, 6) is 7.69. The van der Waals surface area contributed by atoms with Crippen LogP contribution in [-0.2, 0) is 6.54 Å². The molecule has 0 bridgehead atoms. The minimum absolute atomic E-state index is 0.125. The van der Waals surface area contributed by atoms with Crippen LogP contribution in [0.15, 0.2) is 12.4 Å². The maximum Gasteiger partial charge on any atom is 0.127 e. The highest BCUT2D eigenvalue weighted by Gasteiger charge is 2.24. The summed E-state index contributed by atoms with van der Waals surface area (Å²) in [5.41, 5.74) is 2.88. The van der Waals surface area contributed by atoms with E-state index in [1.54, 1.807) is 0 Å². The molecule has 1 heterocycles. The minimum atomic E-state index is 0.125. The van der Waals surface area contributed by atoms with E-state index < -0.39 is 0 Å². The number of rotatable bonds is 5. The first-order valence-electron chi connectivity index (χ1n) is 5.59. The molecular weight excluding hydrogens is 188 g/mol. The smallest absolute Gasteiger partial charge is 0.127 e. The van der Waals surface area contributed by atoms with Gasteiger partial charge in [-0.25, -0.2) is 10.4 Å². The number of hydrazine groups is 1. The van der Waals surface area contributed by atoms with E-state index >= 15 is 0 Å². The molecule has 4 heteroatoms. The van der Waals surface area contributed by atoms with Gasteiger partial charge in [0.2, 0.25) is 0 Å². The molecule has 2 unspecified atom stereocenters. The molecule has 0 aliphatic heterocycles. The van der Waals surface area contributed by atoms with Crippen LogP contribution in [0.5, 0.6) is 0 Å². The zero-order valence-corrected chi connectivity index (χ0v) is 10.1. The molecule has 0 aromatic carbocycles. The lowest BCUT2D eigenvalue weighted by molar-refractivity contribution is 0.290. The van der Waals surface area contributed by atoms with Gasteiger partial charge >= 0.3 is 0 Å². The fourth-order valence-corrected chi connectivity index (χ4v) is 1.71. The van der Waals surface area contributed by atoms with E-state index in [1.165, 1.54) is 0 Å². The topological polar surface area (TPSA) is 55.9 Å². The Kier molecular flexibility index (Phi) is 4.29. The molecule has 0 amide bonds. The Bertz CT molecular complexity index is 293. The Hall–Kier alpha value is -0.870.